The molecule has 2 aliphatic rings. The molecule has 1 unspecified atom stereocenters. The van der Waals surface area contributed by atoms with Crippen molar-refractivity contribution < 1.29 is 27.5 Å². The van der Waals surface area contributed by atoms with Crippen LogP contribution in [0.15, 0.2) is 90.0 Å². The Morgan fingerprint density at radius 2 is 1.63 bits per heavy atom. The first-order chi connectivity index (χ1) is 18.2. The van der Waals surface area contributed by atoms with Gasteiger partial charge in [0.15, 0.2) is 0 Å². The molecule has 1 aromatic heterocycles. The van der Waals surface area contributed by atoms with E-state index in [1.165, 1.54) is 30.3 Å². The van der Waals surface area contributed by atoms with E-state index in [9.17, 15) is 18.0 Å². The molecular weight excluding hydrogens is 504 g/mol. The molecule has 0 saturated carbocycles. The highest BCUT2D eigenvalue weighted by Crippen LogP contribution is 2.58. The Balaban J connectivity index is 1.90. The van der Waals surface area contributed by atoms with Crippen LogP contribution in [0.1, 0.15) is 22.9 Å². The Morgan fingerprint density at radius 3 is 2.24 bits per heavy atom. The molecule has 0 spiro atoms. The summed E-state index contributed by atoms with van der Waals surface area (Å²) in [6.07, 6.45) is 3.48. The number of fused-ring (bicyclic) bond motifs is 5. The van der Waals surface area contributed by atoms with E-state index in [4.69, 9.17) is 9.47 Å². The number of carbonyl (C=O) groups is 2. The van der Waals surface area contributed by atoms with Crippen molar-refractivity contribution in [2.24, 2.45) is 5.41 Å². The third-order valence-electron chi connectivity index (χ3n) is 7.56. The summed E-state index contributed by atoms with van der Waals surface area (Å²) in [4.78, 5) is 28.2. The maximum atomic E-state index is 14.3. The third-order valence-corrected chi connectivity index (χ3v) is 9.30. The van der Waals surface area contributed by atoms with Crippen LogP contribution in [0.25, 0.3) is 10.9 Å². The van der Waals surface area contributed by atoms with Crippen molar-refractivity contribution >= 4 is 32.9 Å². The number of aromatic nitrogens is 1. The van der Waals surface area contributed by atoms with Gasteiger partial charge in [-0.25, -0.2) is 22.0 Å². The van der Waals surface area contributed by atoms with E-state index in [1.54, 1.807) is 41.3 Å². The SMILES string of the molecule is C=CC1(C=C)C(C(=O)OC)=C(C(=O)OC)N2CCc3c(n(S(=O)(=O)c4ccc(C)cc4)c4ccccc34)C21. The molecule has 2 aromatic carbocycles. The average Bonchev–Trinajstić information content (AvgIpc) is 3.43. The molecular formula is C29H28N2O6S. The summed E-state index contributed by atoms with van der Waals surface area (Å²) in [5, 5.41) is 0.783. The zero-order valence-electron chi connectivity index (χ0n) is 21.4. The van der Waals surface area contributed by atoms with E-state index in [0.717, 1.165) is 16.5 Å². The predicted molar refractivity (Wildman–Crippen MR) is 143 cm³/mol. The summed E-state index contributed by atoms with van der Waals surface area (Å²) in [5.74, 6) is -1.47. The van der Waals surface area contributed by atoms with Gasteiger partial charge in [0.2, 0.25) is 0 Å². The maximum absolute atomic E-state index is 14.3. The summed E-state index contributed by atoms with van der Waals surface area (Å²) >= 11 is 0. The molecule has 0 bridgehead atoms. The summed E-state index contributed by atoms with van der Waals surface area (Å²) < 4.78 is 40.1. The molecule has 9 heteroatoms. The summed E-state index contributed by atoms with van der Waals surface area (Å²) in [6.45, 7) is 10.2. The number of para-hydroxylation sites is 1. The van der Waals surface area contributed by atoms with Gasteiger partial charge in [0, 0.05) is 11.9 Å². The lowest BCUT2D eigenvalue weighted by atomic mass is 9.73. The minimum atomic E-state index is -4.10. The van der Waals surface area contributed by atoms with Gasteiger partial charge in [0.1, 0.15) is 5.70 Å². The quantitative estimate of drug-likeness (QED) is 0.349. The standard InChI is InChI=1S/C29H28N2O6S/c1-6-29(7-2)23(27(32)36-4)25(28(33)37-5)30-17-16-21-20-10-8-9-11-22(20)31(24(21)26(29)30)38(34,35)19-14-12-18(3)13-15-19/h6-15,26H,1-2,16-17H2,3-5H3. The van der Waals surface area contributed by atoms with Crippen molar-refractivity contribution in [2.45, 2.75) is 24.3 Å². The average molecular weight is 533 g/mol. The molecule has 2 aliphatic heterocycles. The largest absolute Gasteiger partial charge is 0.466 e. The first-order valence-electron chi connectivity index (χ1n) is 12.1. The number of hydrogen-bond acceptors (Lipinski definition) is 7. The van der Waals surface area contributed by atoms with Gasteiger partial charge in [-0.15, -0.1) is 13.2 Å². The number of esters is 2. The van der Waals surface area contributed by atoms with Crippen LogP contribution in [0.2, 0.25) is 0 Å². The first kappa shape index (κ1) is 25.5. The topological polar surface area (TPSA) is 94.9 Å². The van der Waals surface area contributed by atoms with E-state index >= 15 is 0 Å². The predicted octanol–water partition coefficient (Wildman–Crippen LogP) is 4.06. The molecule has 0 radical (unpaired) electrons. The highest BCUT2D eigenvalue weighted by atomic mass is 32.2. The monoisotopic (exact) mass is 532 g/mol. The van der Waals surface area contributed by atoms with E-state index < -0.39 is 33.4 Å². The Kier molecular flexibility index (Phi) is 6.06. The van der Waals surface area contributed by atoms with Crippen LogP contribution in [0, 0.1) is 12.3 Å². The van der Waals surface area contributed by atoms with E-state index in [2.05, 4.69) is 13.2 Å². The molecule has 5 rings (SSSR count). The van der Waals surface area contributed by atoms with Crippen LogP contribution in [0.5, 0.6) is 0 Å². The smallest absolute Gasteiger partial charge is 0.354 e. The Morgan fingerprint density at radius 1 is 1.00 bits per heavy atom. The minimum absolute atomic E-state index is 0.0132. The van der Waals surface area contributed by atoms with Crippen LogP contribution >= 0.6 is 0 Å². The summed E-state index contributed by atoms with van der Waals surface area (Å²) in [5.41, 5.74) is 1.38. The van der Waals surface area contributed by atoms with Gasteiger partial charge in [0.05, 0.1) is 47.4 Å². The van der Waals surface area contributed by atoms with Crippen LogP contribution in [-0.2, 0) is 35.5 Å². The molecule has 38 heavy (non-hydrogen) atoms. The van der Waals surface area contributed by atoms with Gasteiger partial charge < -0.3 is 14.4 Å². The Bertz CT molecular complexity index is 1640. The van der Waals surface area contributed by atoms with Gasteiger partial charge in [-0.05, 0) is 37.1 Å². The molecule has 3 aromatic rings. The highest BCUT2D eigenvalue weighted by molar-refractivity contribution is 7.90. The zero-order valence-corrected chi connectivity index (χ0v) is 22.2. The lowest BCUT2D eigenvalue weighted by Gasteiger charge is -2.40. The van der Waals surface area contributed by atoms with Gasteiger partial charge in [-0.3, -0.25) is 0 Å². The van der Waals surface area contributed by atoms with Crippen LogP contribution in [0.3, 0.4) is 0 Å². The van der Waals surface area contributed by atoms with Crippen molar-refractivity contribution in [3.8, 4) is 0 Å². The van der Waals surface area contributed by atoms with Crippen molar-refractivity contribution in [1.29, 1.82) is 0 Å². The van der Waals surface area contributed by atoms with E-state index in [-0.39, 0.29) is 16.2 Å². The van der Waals surface area contributed by atoms with Gasteiger partial charge in [-0.2, -0.15) is 0 Å². The van der Waals surface area contributed by atoms with Crippen molar-refractivity contribution in [2.75, 3.05) is 20.8 Å². The number of aryl methyl sites for hydroxylation is 1. The summed E-state index contributed by atoms with van der Waals surface area (Å²) in [6, 6.07) is 13.1. The van der Waals surface area contributed by atoms with Crippen molar-refractivity contribution in [3.63, 3.8) is 0 Å². The number of rotatable bonds is 6. The molecule has 1 atom stereocenters. The van der Waals surface area contributed by atoms with Crippen LogP contribution in [-0.4, -0.2) is 50.0 Å². The number of methoxy groups -OCH3 is 2. The normalized spacial score (nSPS) is 18.1. The second-order valence-electron chi connectivity index (χ2n) is 9.36. The fraction of sp³-hybridized carbons (Fsp3) is 0.241. The molecule has 8 nitrogen and oxygen atoms in total. The molecule has 0 fully saturated rings. The van der Waals surface area contributed by atoms with Crippen LogP contribution in [0.4, 0.5) is 0 Å². The van der Waals surface area contributed by atoms with E-state index in [0.29, 0.717) is 24.2 Å². The fourth-order valence-corrected chi connectivity index (χ4v) is 7.41. The number of benzene rings is 2. The maximum Gasteiger partial charge on any atom is 0.354 e. The number of hydrogen-bond donors (Lipinski definition) is 0. The van der Waals surface area contributed by atoms with Crippen molar-refractivity contribution in [3.05, 3.63) is 102 Å². The first-order valence-corrected chi connectivity index (χ1v) is 13.5. The molecule has 0 amide bonds. The van der Waals surface area contributed by atoms with Crippen molar-refractivity contribution in [1.82, 2.24) is 8.87 Å². The molecule has 0 saturated heterocycles. The van der Waals surface area contributed by atoms with Gasteiger partial charge >= 0.3 is 11.9 Å². The highest BCUT2D eigenvalue weighted by Gasteiger charge is 2.58. The number of nitrogens with zero attached hydrogens (tertiary/aromatic N) is 2. The number of carbonyl (C=O) groups excluding carboxylic acids is 2. The Hall–Kier alpha value is -4.11. The molecule has 3 heterocycles. The third kappa shape index (κ3) is 3.31. The summed E-state index contributed by atoms with van der Waals surface area (Å²) in [7, 11) is -1.65. The lowest BCUT2D eigenvalue weighted by Crippen LogP contribution is -2.41. The van der Waals surface area contributed by atoms with Crippen LogP contribution < -0.4 is 0 Å². The number of ether oxygens (including phenoxy) is 2. The molecule has 0 N–H and O–H groups in total. The van der Waals surface area contributed by atoms with E-state index in [1.807, 2.05) is 19.1 Å². The van der Waals surface area contributed by atoms with Gasteiger partial charge in [-0.1, -0.05) is 48.0 Å². The molecule has 0 aliphatic carbocycles. The Labute approximate surface area is 221 Å². The second-order valence-corrected chi connectivity index (χ2v) is 11.1. The minimum Gasteiger partial charge on any atom is -0.466 e. The molecule has 196 valence electrons. The zero-order chi connectivity index (χ0) is 27.4. The fourth-order valence-electron chi connectivity index (χ4n) is 5.83. The van der Waals surface area contributed by atoms with Gasteiger partial charge in [0.25, 0.3) is 10.0 Å². The second kappa shape index (κ2) is 9.02. The lowest BCUT2D eigenvalue weighted by molar-refractivity contribution is -0.140.